The van der Waals surface area contributed by atoms with Gasteiger partial charge in [-0.05, 0) is 29.3 Å². The molecule has 0 spiro atoms. The first-order chi connectivity index (χ1) is 11.7. The lowest BCUT2D eigenvalue weighted by Gasteiger charge is -2.37. The molecule has 0 bridgehead atoms. The zero-order valence-corrected chi connectivity index (χ0v) is 16.6. The van der Waals surface area contributed by atoms with Crippen LogP contribution in [-0.4, -0.2) is 8.24 Å². The fourth-order valence-electron chi connectivity index (χ4n) is 3.98. The minimum Gasteiger partial charge on any atom is -0.327 e. The van der Waals surface area contributed by atoms with Gasteiger partial charge in [0.1, 0.15) is 8.24 Å². The first kappa shape index (κ1) is 18.9. The van der Waals surface area contributed by atoms with E-state index in [0.717, 1.165) is 0 Å². The van der Waals surface area contributed by atoms with Crippen LogP contribution in [0.2, 0.25) is 18.1 Å². The van der Waals surface area contributed by atoms with Gasteiger partial charge < -0.3 is 4.98 Å². The van der Waals surface area contributed by atoms with Crippen LogP contribution in [0.5, 0.6) is 0 Å². The van der Waals surface area contributed by atoms with Crippen LogP contribution in [0.1, 0.15) is 57.2 Å². The lowest BCUT2D eigenvalue weighted by molar-refractivity contribution is 0.721. The van der Waals surface area contributed by atoms with E-state index in [1.807, 2.05) is 0 Å². The predicted octanol–water partition coefficient (Wildman–Crippen LogP) is 6.54. The Balaban J connectivity index is 2.38. The van der Waals surface area contributed by atoms with E-state index >= 15 is 0 Å². The van der Waals surface area contributed by atoms with Gasteiger partial charge in [0.25, 0.3) is 0 Å². The molecule has 1 N–H and O–H groups in total. The molecule has 2 rings (SSSR count). The van der Waals surface area contributed by atoms with Crippen molar-refractivity contribution in [2.75, 3.05) is 0 Å². The highest BCUT2D eigenvalue weighted by Gasteiger charge is 2.33. The Hall–Kier alpha value is -1.38. The zero-order chi connectivity index (χ0) is 17.3. The van der Waals surface area contributed by atoms with Gasteiger partial charge in [-0.1, -0.05) is 101 Å². The van der Waals surface area contributed by atoms with Crippen LogP contribution in [-0.2, 0) is 0 Å². The molecule has 24 heavy (non-hydrogen) atoms. The highest BCUT2D eigenvalue weighted by Crippen LogP contribution is 2.30. The number of rotatable bonds is 10. The second-order valence-electron chi connectivity index (χ2n) is 6.93. The molecule has 0 aromatic heterocycles. The van der Waals surface area contributed by atoms with Gasteiger partial charge in [-0.3, -0.25) is 0 Å². The summed E-state index contributed by atoms with van der Waals surface area (Å²) in [6, 6.07) is 26.4. The van der Waals surface area contributed by atoms with E-state index in [1.54, 1.807) is 0 Å². The predicted molar refractivity (Wildman–Crippen MR) is 109 cm³/mol. The van der Waals surface area contributed by atoms with Gasteiger partial charge in [-0.15, -0.1) is 0 Å². The Kier molecular flexibility index (Phi) is 7.74. The number of benzene rings is 2. The minimum absolute atomic E-state index is 0.323. The van der Waals surface area contributed by atoms with Gasteiger partial charge in [0.2, 0.25) is 0 Å². The monoisotopic (exact) mass is 339 g/mol. The van der Waals surface area contributed by atoms with Gasteiger partial charge in [0, 0.05) is 0 Å². The Labute approximate surface area is 149 Å². The molecule has 0 saturated carbocycles. The minimum atomic E-state index is -1.47. The van der Waals surface area contributed by atoms with Crippen molar-refractivity contribution in [2.45, 2.75) is 64.2 Å². The lowest BCUT2D eigenvalue weighted by atomic mass is 10.00. The summed E-state index contributed by atoms with van der Waals surface area (Å²) < 4.78 is 0. The van der Waals surface area contributed by atoms with Crippen molar-refractivity contribution < 1.29 is 0 Å². The maximum atomic E-state index is 4.24. The summed E-state index contributed by atoms with van der Waals surface area (Å²) in [5.74, 6) is 0. The maximum Gasteiger partial charge on any atom is 0.126 e. The Morgan fingerprint density at radius 3 is 1.38 bits per heavy atom. The highest BCUT2D eigenvalue weighted by molar-refractivity contribution is 6.77. The summed E-state index contributed by atoms with van der Waals surface area (Å²) in [5.41, 5.74) is 2.78. The molecule has 2 heteroatoms. The van der Waals surface area contributed by atoms with Crippen molar-refractivity contribution in [1.29, 1.82) is 0 Å². The van der Waals surface area contributed by atoms with E-state index in [0.29, 0.717) is 6.04 Å². The molecule has 0 aliphatic carbocycles. The fraction of sp³-hybridized carbons (Fsp3) is 0.455. The van der Waals surface area contributed by atoms with Crippen LogP contribution < -0.4 is 4.98 Å². The van der Waals surface area contributed by atoms with Crippen LogP contribution in [0.15, 0.2) is 60.7 Å². The summed E-state index contributed by atoms with van der Waals surface area (Å²) >= 11 is 0. The molecule has 0 heterocycles. The molecule has 0 unspecified atom stereocenters. The molecule has 0 aliphatic rings. The third-order valence-electron chi connectivity index (χ3n) is 4.90. The molecular formula is C22H33NSi. The molecule has 0 amide bonds. The van der Waals surface area contributed by atoms with Crippen molar-refractivity contribution in [3.63, 3.8) is 0 Å². The molecule has 0 radical (unpaired) electrons. The molecular weight excluding hydrogens is 306 g/mol. The van der Waals surface area contributed by atoms with Crippen LogP contribution in [0.4, 0.5) is 0 Å². The molecule has 2 aromatic rings. The van der Waals surface area contributed by atoms with Crippen LogP contribution in [0, 0.1) is 0 Å². The maximum absolute atomic E-state index is 4.24. The standard InChI is InChI=1S/C22H33NSi/c1-4-17-24(18-5-2,19-6-3)23-22(20-13-9-7-10-14-20)21-15-11-8-12-16-21/h7-16,22-23H,4-6,17-19H2,1-3H3. The Bertz CT molecular complexity index is 511. The van der Waals surface area contributed by atoms with Crippen molar-refractivity contribution in [1.82, 2.24) is 4.98 Å². The summed E-state index contributed by atoms with van der Waals surface area (Å²) in [6.07, 6.45) is 3.86. The molecule has 130 valence electrons. The average Bonchev–Trinajstić information content (AvgIpc) is 2.62. The molecule has 0 saturated heterocycles. The zero-order valence-electron chi connectivity index (χ0n) is 15.6. The van der Waals surface area contributed by atoms with Crippen molar-refractivity contribution in [3.8, 4) is 0 Å². The molecule has 2 aromatic carbocycles. The lowest BCUT2D eigenvalue weighted by Crippen LogP contribution is -2.51. The second-order valence-corrected chi connectivity index (χ2v) is 11.3. The van der Waals surface area contributed by atoms with E-state index in [4.69, 9.17) is 0 Å². The van der Waals surface area contributed by atoms with Crippen molar-refractivity contribution in [2.24, 2.45) is 0 Å². The molecule has 1 nitrogen and oxygen atoms in total. The van der Waals surface area contributed by atoms with Gasteiger partial charge in [0.15, 0.2) is 0 Å². The second kappa shape index (κ2) is 9.80. The van der Waals surface area contributed by atoms with Crippen molar-refractivity contribution in [3.05, 3.63) is 71.8 Å². The first-order valence-corrected chi connectivity index (χ1v) is 12.2. The summed E-state index contributed by atoms with van der Waals surface area (Å²) in [5, 5.41) is 0. The molecule has 0 aliphatic heterocycles. The summed E-state index contributed by atoms with van der Waals surface area (Å²) in [6.45, 7) is 7.03. The van der Waals surface area contributed by atoms with Crippen LogP contribution in [0.3, 0.4) is 0 Å². The van der Waals surface area contributed by atoms with Crippen LogP contribution >= 0.6 is 0 Å². The van der Waals surface area contributed by atoms with Gasteiger partial charge >= 0.3 is 0 Å². The third-order valence-corrected chi connectivity index (χ3v) is 10.2. The quantitative estimate of drug-likeness (QED) is 0.484. The number of nitrogens with one attached hydrogen (secondary N) is 1. The van der Waals surface area contributed by atoms with Crippen LogP contribution in [0.25, 0.3) is 0 Å². The van der Waals surface area contributed by atoms with Gasteiger partial charge in [-0.2, -0.15) is 0 Å². The number of hydrogen-bond acceptors (Lipinski definition) is 1. The Morgan fingerprint density at radius 2 is 1.04 bits per heavy atom. The summed E-state index contributed by atoms with van der Waals surface area (Å²) in [7, 11) is -1.47. The van der Waals surface area contributed by atoms with Crippen molar-refractivity contribution >= 4 is 8.24 Å². The SMILES string of the molecule is CCC[Si](CCC)(CCC)NC(c1ccccc1)c1ccccc1. The smallest absolute Gasteiger partial charge is 0.126 e. The topological polar surface area (TPSA) is 12.0 Å². The largest absolute Gasteiger partial charge is 0.327 e. The molecule has 0 atom stereocenters. The Morgan fingerprint density at radius 1 is 0.667 bits per heavy atom. The van der Waals surface area contributed by atoms with E-state index in [9.17, 15) is 0 Å². The third kappa shape index (κ3) is 5.06. The van der Waals surface area contributed by atoms with E-state index in [2.05, 4.69) is 86.4 Å². The first-order valence-electron chi connectivity index (χ1n) is 9.62. The number of hydrogen-bond donors (Lipinski definition) is 1. The fourth-order valence-corrected chi connectivity index (χ4v) is 8.98. The van der Waals surface area contributed by atoms with Gasteiger partial charge in [-0.25, -0.2) is 0 Å². The van der Waals surface area contributed by atoms with Gasteiger partial charge in [0.05, 0.1) is 6.04 Å². The van der Waals surface area contributed by atoms with E-state index in [-0.39, 0.29) is 0 Å². The summed E-state index contributed by atoms with van der Waals surface area (Å²) in [4.78, 5) is 4.24. The normalized spacial score (nSPS) is 11.8. The van der Waals surface area contributed by atoms with E-state index in [1.165, 1.54) is 48.5 Å². The molecule has 0 fully saturated rings. The average molecular weight is 340 g/mol. The van der Waals surface area contributed by atoms with E-state index < -0.39 is 8.24 Å². The highest BCUT2D eigenvalue weighted by atomic mass is 28.3.